The lowest BCUT2D eigenvalue weighted by atomic mass is 10.2. The number of anilines is 1. The largest absolute Gasteiger partial charge is 0.368 e. The molecule has 0 bridgehead atoms. The number of hydrogen-bond acceptors (Lipinski definition) is 5. The lowest BCUT2D eigenvalue weighted by Gasteiger charge is -2.36. The molecule has 1 aliphatic heterocycles. The number of pyridine rings is 1. The first-order chi connectivity index (χ1) is 14.9. The summed E-state index contributed by atoms with van der Waals surface area (Å²) in [5, 5.41) is 0.620. The van der Waals surface area contributed by atoms with Crippen molar-refractivity contribution in [3.63, 3.8) is 0 Å². The van der Waals surface area contributed by atoms with E-state index in [1.165, 1.54) is 18.2 Å². The van der Waals surface area contributed by atoms with Crippen LogP contribution < -0.4 is 15.2 Å². The van der Waals surface area contributed by atoms with E-state index in [9.17, 15) is 18.0 Å². The SMILES string of the molecule is O=C(CCNS(=O)(=O)c1ccc2[nH]c(=O)ccc2c1)N1CCN(c2ccccc2)CC1. The molecule has 1 amide bonds. The number of rotatable bonds is 6. The number of aromatic amines is 1. The Kier molecular flexibility index (Phi) is 6.06. The molecule has 1 aliphatic rings. The van der Waals surface area contributed by atoms with Gasteiger partial charge < -0.3 is 14.8 Å². The van der Waals surface area contributed by atoms with E-state index in [4.69, 9.17) is 0 Å². The van der Waals surface area contributed by atoms with Crippen LogP contribution in [0.1, 0.15) is 6.42 Å². The van der Waals surface area contributed by atoms with E-state index < -0.39 is 10.0 Å². The maximum Gasteiger partial charge on any atom is 0.248 e. The third-order valence-corrected chi connectivity index (χ3v) is 6.85. The van der Waals surface area contributed by atoms with Gasteiger partial charge in [0.25, 0.3) is 0 Å². The first-order valence-corrected chi connectivity index (χ1v) is 11.6. The number of fused-ring (bicyclic) bond motifs is 1. The van der Waals surface area contributed by atoms with Gasteiger partial charge in [0.15, 0.2) is 0 Å². The molecule has 8 nitrogen and oxygen atoms in total. The second-order valence-corrected chi connectivity index (χ2v) is 9.19. The summed E-state index contributed by atoms with van der Waals surface area (Å²) < 4.78 is 27.7. The van der Waals surface area contributed by atoms with Gasteiger partial charge in [-0.3, -0.25) is 9.59 Å². The minimum absolute atomic E-state index is 0.0315. The molecule has 4 rings (SSSR count). The average Bonchev–Trinajstić information content (AvgIpc) is 2.79. The Balaban J connectivity index is 1.30. The van der Waals surface area contributed by atoms with Gasteiger partial charge in [0.1, 0.15) is 0 Å². The molecule has 2 aromatic carbocycles. The molecule has 1 fully saturated rings. The number of para-hydroxylation sites is 1. The Labute approximate surface area is 180 Å². The van der Waals surface area contributed by atoms with E-state index in [1.54, 1.807) is 17.0 Å². The smallest absolute Gasteiger partial charge is 0.248 e. The van der Waals surface area contributed by atoms with Crippen LogP contribution in [0, 0.1) is 0 Å². The third-order valence-electron chi connectivity index (χ3n) is 5.39. The van der Waals surface area contributed by atoms with E-state index in [0.717, 1.165) is 18.8 Å². The van der Waals surface area contributed by atoms with Crippen molar-refractivity contribution in [2.45, 2.75) is 11.3 Å². The van der Waals surface area contributed by atoms with Crippen molar-refractivity contribution in [1.82, 2.24) is 14.6 Å². The van der Waals surface area contributed by atoms with E-state index >= 15 is 0 Å². The Bertz CT molecular complexity index is 1230. The Morgan fingerprint density at radius 2 is 1.71 bits per heavy atom. The summed E-state index contributed by atoms with van der Waals surface area (Å²) in [7, 11) is -3.75. The van der Waals surface area contributed by atoms with Crippen molar-refractivity contribution in [2.75, 3.05) is 37.6 Å². The summed E-state index contributed by atoms with van der Waals surface area (Å²) in [6.45, 7) is 2.76. The molecule has 0 saturated carbocycles. The minimum Gasteiger partial charge on any atom is -0.368 e. The van der Waals surface area contributed by atoms with Gasteiger partial charge in [-0.1, -0.05) is 18.2 Å². The Morgan fingerprint density at radius 3 is 2.45 bits per heavy atom. The molecular formula is C22H24N4O4S. The Morgan fingerprint density at radius 1 is 0.968 bits per heavy atom. The van der Waals surface area contributed by atoms with Crippen LogP contribution in [0.2, 0.25) is 0 Å². The Hall–Kier alpha value is -3.17. The van der Waals surface area contributed by atoms with Crippen molar-refractivity contribution >= 4 is 32.5 Å². The van der Waals surface area contributed by atoms with Crippen LogP contribution in [0.25, 0.3) is 10.9 Å². The monoisotopic (exact) mass is 440 g/mol. The number of piperazine rings is 1. The maximum atomic E-state index is 12.6. The number of H-pyrrole nitrogens is 1. The van der Waals surface area contributed by atoms with Crippen LogP contribution in [-0.2, 0) is 14.8 Å². The van der Waals surface area contributed by atoms with E-state index in [-0.39, 0.29) is 29.3 Å². The van der Waals surface area contributed by atoms with Crippen LogP contribution in [0.5, 0.6) is 0 Å². The number of carbonyl (C=O) groups excluding carboxylic acids is 1. The van der Waals surface area contributed by atoms with E-state index in [0.29, 0.717) is 24.0 Å². The number of carbonyl (C=O) groups is 1. The molecule has 1 aromatic heterocycles. The van der Waals surface area contributed by atoms with Crippen molar-refractivity contribution in [3.05, 3.63) is 71.0 Å². The molecule has 0 radical (unpaired) electrons. The van der Waals surface area contributed by atoms with Crippen LogP contribution in [0.4, 0.5) is 5.69 Å². The number of nitrogens with zero attached hydrogens (tertiary/aromatic N) is 2. The van der Waals surface area contributed by atoms with Gasteiger partial charge in [-0.2, -0.15) is 0 Å². The number of sulfonamides is 1. The fourth-order valence-electron chi connectivity index (χ4n) is 3.69. The first-order valence-electron chi connectivity index (χ1n) is 10.1. The summed E-state index contributed by atoms with van der Waals surface area (Å²) in [5.41, 5.74) is 1.46. The quantitative estimate of drug-likeness (QED) is 0.605. The molecule has 31 heavy (non-hydrogen) atoms. The predicted molar refractivity (Wildman–Crippen MR) is 120 cm³/mol. The van der Waals surface area contributed by atoms with Crippen molar-refractivity contribution in [3.8, 4) is 0 Å². The van der Waals surface area contributed by atoms with Gasteiger partial charge in [0.2, 0.25) is 21.5 Å². The fourth-order valence-corrected chi connectivity index (χ4v) is 4.75. The molecule has 0 atom stereocenters. The summed E-state index contributed by atoms with van der Waals surface area (Å²) >= 11 is 0. The first kappa shape index (κ1) is 21.1. The van der Waals surface area contributed by atoms with Gasteiger partial charge >= 0.3 is 0 Å². The third kappa shape index (κ3) is 4.95. The van der Waals surface area contributed by atoms with Gasteiger partial charge in [-0.25, -0.2) is 13.1 Å². The summed E-state index contributed by atoms with van der Waals surface area (Å²) in [6, 6.07) is 17.5. The van der Waals surface area contributed by atoms with Crippen molar-refractivity contribution < 1.29 is 13.2 Å². The standard InChI is InChI=1S/C22H24N4O4S/c27-21-9-6-17-16-19(7-8-20(17)24-21)31(29,30)23-11-10-22(28)26-14-12-25(13-15-26)18-4-2-1-3-5-18/h1-9,16,23H,10-15H2,(H,24,27). The average molecular weight is 441 g/mol. The molecule has 2 heterocycles. The molecule has 162 valence electrons. The van der Waals surface area contributed by atoms with Crippen molar-refractivity contribution in [1.29, 1.82) is 0 Å². The molecule has 2 N–H and O–H groups in total. The van der Waals surface area contributed by atoms with Crippen LogP contribution in [0.3, 0.4) is 0 Å². The summed E-state index contributed by atoms with van der Waals surface area (Å²) in [4.78, 5) is 30.6. The second-order valence-electron chi connectivity index (χ2n) is 7.42. The highest BCUT2D eigenvalue weighted by atomic mass is 32.2. The highest BCUT2D eigenvalue weighted by Crippen LogP contribution is 2.17. The zero-order valence-corrected chi connectivity index (χ0v) is 17.8. The molecule has 3 aromatic rings. The minimum atomic E-state index is -3.75. The second kappa shape index (κ2) is 8.91. The zero-order chi connectivity index (χ0) is 21.8. The summed E-state index contributed by atoms with van der Waals surface area (Å²) in [6.07, 6.45) is 0.103. The molecule has 0 aliphatic carbocycles. The topological polar surface area (TPSA) is 103 Å². The van der Waals surface area contributed by atoms with E-state index in [1.807, 2.05) is 18.2 Å². The molecule has 1 saturated heterocycles. The fraction of sp³-hybridized carbons (Fsp3) is 0.273. The number of nitrogens with one attached hydrogen (secondary N) is 2. The van der Waals surface area contributed by atoms with Gasteiger partial charge in [-0.15, -0.1) is 0 Å². The highest BCUT2D eigenvalue weighted by molar-refractivity contribution is 7.89. The number of aromatic nitrogens is 1. The molecule has 0 unspecified atom stereocenters. The van der Waals surface area contributed by atoms with Crippen LogP contribution >= 0.6 is 0 Å². The van der Waals surface area contributed by atoms with Crippen LogP contribution in [0.15, 0.2) is 70.4 Å². The lowest BCUT2D eigenvalue weighted by Crippen LogP contribution is -2.49. The van der Waals surface area contributed by atoms with Crippen molar-refractivity contribution in [2.24, 2.45) is 0 Å². The number of amides is 1. The molecular weight excluding hydrogens is 416 g/mol. The molecule has 0 spiro atoms. The molecule has 9 heteroatoms. The predicted octanol–water partition coefficient (Wildman–Crippen LogP) is 1.55. The van der Waals surface area contributed by atoms with Crippen LogP contribution in [-0.4, -0.2) is 56.9 Å². The van der Waals surface area contributed by atoms with E-state index in [2.05, 4.69) is 26.7 Å². The number of benzene rings is 2. The summed E-state index contributed by atoms with van der Waals surface area (Å²) in [5.74, 6) is -0.0634. The van der Waals surface area contributed by atoms with Gasteiger partial charge in [0.05, 0.1) is 4.90 Å². The highest BCUT2D eigenvalue weighted by Gasteiger charge is 2.22. The zero-order valence-electron chi connectivity index (χ0n) is 17.0. The number of hydrogen-bond donors (Lipinski definition) is 2. The normalized spacial score (nSPS) is 14.7. The van der Waals surface area contributed by atoms with Gasteiger partial charge in [0, 0.05) is 56.4 Å². The van der Waals surface area contributed by atoms with Gasteiger partial charge in [-0.05, 0) is 41.8 Å². The lowest BCUT2D eigenvalue weighted by molar-refractivity contribution is -0.131. The maximum absolute atomic E-state index is 12.6.